The number of aromatic nitrogens is 1. The minimum Gasteiger partial charge on any atom is -0.370 e. The number of halogens is 1. The molecule has 2 aromatic rings. The second-order valence-corrected chi connectivity index (χ2v) is 5.99. The van der Waals surface area contributed by atoms with E-state index in [1.165, 1.54) is 11.1 Å². The Morgan fingerprint density at radius 1 is 1.08 bits per heavy atom. The first-order valence-corrected chi connectivity index (χ1v) is 8.98. The number of rotatable bonds is 8. The minimum atomic E-state index is 0. The van der Waals surface area contributed by atoms with Crippen LogP contribution < -0.4 is 16.6 Å². The van der Waals surface area contributed by atoms with E-state index in [-0.39, 0.29) is 29.5 Å². The first kappa shape index (κ1) is 22.2. The van der Waals surface area contributed by atoms with E-state index in [1.807, 2.05) is 12.3 Å². The highest BCUT2D eigenvalue weighted by molar-refractivity contribution is 14.0. The summed E-state index contributed by atoms with van der Waals surface area (Å²) in [4.78, 5) is 16.0. The number of hydrogen-bond donors (Lipinski definition) is 2. The van der Waals surface area contributed by atoms with Crippen molar-refractivity contribution in [2.75, 3.05) is 11.9 Å². The molecule has 1 aromatic carbocycles. The van der Waals surface area contributed by atoms with Crippen molar-refractivity contribution in [3.05, 3.63) is 64.1 Å². The molecule has 3 N–H and O–H groups in total. The molecule has 2 rings (SSSR count). The van der Waals surface area contributed by atoms with Crippen molar-refractivity contribution in [2.24, 2.45) is 10.7 Å². The summed E-state index contributed by atoms with van der Waals surface area (Å²) in [5, 5.41) is 3.27. The lowest BCUT2D eigenvalue weighted by molar-refractivity contribution is 0.599. The largest absolute Gasteiger partial charge is 0.370 e. The fourth-order valence-electron chi connectivity index (χ4n) is 2.81. The van der Waals surface area contributed by atoms with Gasteiger partial charge in [-0.05, 0) is 42.9 Å². The summed E-state index contributed by atoms with van der Waals surface area (Å²) in [6.07, 6.45) is 5.51. The van der Waals surface area contributed by atoms with Crippen LogP contribution in [-0.2, 0) is 19.4 Å². The van der Waals surface area contributed by atoms with Crippen LogP contribution in [0.4, 0.5) is 5.69 Å². The van der Waals surface area contributed by atoms with Crippen molar-refractivity contribution in [1.29, 1.82) is 0 Å². The summed E-state index contributed by atoms with van der Waals surface area (Å²) in [7, 11) is 0. The third-order valence-electron chi connectivity index (χ3n) is 4.24. The molecule has 142 valence electrons. The zero-order chi connectivity index (χ0) is 18.1. The summed E-state index contributed by atoms with van der Waals surface area (Å²) < 4.78 is 1.72. The monoisotopic (exact) mass is 468 g/mol. The van der Waals surface area contributed by atoms with Crippen molar-refractivity contribution in [3.63, 3.8) is 0 Å². The number of nitrogens with two attached hydrogens (primary N) is 1. The maximum atomic E-state index is 11.6. The summed E-state index contributed by atoms with van der Waals surface area (Å²) >= 11 is 0. The van der Waals surface area contributed by atoms with Gasteiger partial charge in [0, 0.05) is 31.0 Å². The molecule has 26 heavy (non-hydrogen) atoms. The zero-order valence-electron chi connectivity index (χ0n) is 15.6. The molecular formula is C20H29IN4O. The molecule has 0 spiro atoms. The second kappa shape index (κ2) is 11.7. The molecule has 6 heteroatoms. The number of pyridine rings is 1. The Balaban J connectivity index is 0.00000338. The molecule has 0 aliphatic carbocycles. The molecule has 0 unspecified atom stereocenters. The molecule has 5 nitrogen and oxygen atoms in total. The molecule has 0 atom stereocenters. The Hall–Kier alpha value is -1.83. The number of aryl methyl sites for hydroxylation is 3. The third-order valence-corrected chi connectivity index (χ3v) is 4.24. The summed E-state index contributed by atoms with van der Waals surface area (Å²) in [5.41, 5.74) is 9.68. The highest BCUT2D eigenvalue weighted by Gasteiger charge is 2.06. The summed E-state index contributed by atoms with van der Waals surface area (Å²) in [6, 6.07) is 11.5. The van der Waals surface area contributed by atoms with Gasteiger partial charge >= 0.3 is 0 Å². The van der Waals surface area contributed by atoms with Crippen molar-refractivity contribution in [3.8, 4) is 0 Å². The van der Waals surface area contributed by atoms with Gasteiger partial charge in [-0.25, -0.2) is 0 Å². The molecule has 0 bridgehead atoms. The van der Waals surface area contributed by atoms with Gasteiger partial charge in [0.15, 0.2) is 5.96 Å². The SMILES string of the molecule is CCc1cccc(CC)c1NC(N)=NCCCCn1ccccc1=O.I. The predicted molar refractivity (Wildman–Crippen MR) is 121 cm³/mol. The molecule has 1 heterocycles. The molecule has 0 aliphatic rings. The number of aliphatic imine (C=N–C) groups is 1. The number of unbranched alkanes of at least 4 members (excludes halogenated alkanes) is 1. The van der Waals surface area contributed by atoms with Crippen molar-refractivity contribution >= 4 is 35.6 Å². The first-order valence-electron chi connectivity index (χ1n) is 8.98. The Morgan fingerprint density at radius 2 is 1.77 bits per heavy atom. The number of para-hydroxylation sites is 1. The van der Waals surface area contributed by atoms with Crippen LogP contribution in [0.5, 0.6) is 0 Å². The second-order valence-electron chi connectivity index (χ2n) is 5.99. The number of guanidine groups is 1. The van der Waals surface area contributed by atoms with Crippen LogP contribution >= 0.6 is 24.0 Å². The highest BCUT2D eigenvalue weighted by Crippen LogP contribution is 2.22. The van der Waals surface area contributed by atoms with E-state index in [9.17, 15) is 4.79 Å². The van der Waals surface area contributed by atoms with Gasteiger partial charge in [0.05, 0.1) is 0 Å². The maximum absolute atomic E-state index is 11.6. The van der Waals surface area contributed by atoms with Gasteiger partial charge in [-0.1, -0.05) is 38.1 Å². The molecule has 0 saturated carbocycles. The number of nitrogens with one attached hydrogen (secondary N) is 1. The van der Waals surface area contributed by atoms with Gasteiger partial charge in [-0.3, -0.25) is 9.79 Å². The standard InChI is InChI=1S/C20H28N4O.HI/c1-3-16-10-9-11-17(4-2)19(16)23-20(21)22-13-6-8-15-24-14-7-5-12-18(24)25;/h5,7,9-12,14H,3-4,6,8,13,15H2,1-2H3,(H3,21,22,23);1H. The van der Waals surface area contributed by atoms with Gasteiger partial charge in [-0.15, -0.1) is 24.0 Å². The molecule has 0 fully saturated rings. The van der Waals surface area contributed by atoms with Crippen molar-refractivity contribution in [2.45, 2.75) is 46.1 Å². The first-order chi connectivity index (χ1) is 12.2. The molecule has 0 radical (unpaired) electrons. The fourth-order valence-corrected chi connectivity index (χ4v) is 2.81. The van der Waals surface area contributed by atoms with Gasteiger partial charge in [-0.2, -0.15) is 0 Å². The van der Waals surface area contributed by atoms with E-state index in [2.05, 4.69) is 42.4 Å². The van der Waals surface area contributed by atoms with Crippen LogP contribution in [0.25, 0.3) is 0 Å². The van der Waals surface area contributed by atoms with E-state index in [0.717, 1.165) is 31.4 Å². The van der Waals surface area contributed by atoms with E-state index in [4.69, 9.17) is 5.73 Å². The van der Waals surface area contributed by atoms with Crippen LogP contribution in [0.2, 0.25) is 0 Å². The van der Waals surface area contributed by atoms with E-state index >= 15 is 0 Å². The molecule has 1 aromatic heterocycles. The lowest BCUT2D eigenvalue weighted by atomic mass is 10.0. The van der Waals surface area contributed by atoms with E-state index in [0.29, 0.717) is 19.0 Å². The summed E-state index contributed by atoms with van der Waals surface area (Å²) in [6.45, 7) is 5.63. The van der Waals surface area contributed by atoms with Gasteiger partial charge in [0.1, 0.15) is 0 Å². The van der Waals surface area contributed by atoms with Crippen LogP contribution in [0.1, 0.15) is 37.8 Å². The zero-order valence-corrected chi connectivity index (χ0v) is 17.9. The summed E-state index contributed by atoms with van der Waals surface area (Å²) in [5.74, 6) is 0.451. The van der Waals surface area contributed by atoms with Gasteiger partial charge in [0.25, 0.3) is 0 Å². The van der Waals surface area contributed by atoms with Crippen LogP contribution in [-0.4, -0.2) is 17.1 Å². The lowest BCUT2D eigenvalue weighted by Crippen LogP contribution is -2.24. The quantitative estimate of drug-likeness (QED) is 0.268. The smallest absolute Gasteiger partial charge is 0.250 e. The Kier molecular flexibility index (Phi) is 10.0. The fraction of sp³-hybridized carbons (Fsp3) is 0.400. The topological polar surface area (TPSA) is 72.4 Å². The number of benzene rings is 1. The Bertz CT molecular complexity index is 748. The van der Waals surface area contributed by atoms with Crippen LogP contribution in [0, 0.1) is 0 Å². The van der Waals surface area contributed by atoms with Gasteiger partial charge in [0.2, 0.25) is 5.56 Å². The third kappa shape index (κ3) is 6.48. The van der Waals surface area contributed by atoms with E-state index < -0.39 is 0 Å². The normalized spacial score (nSPS) is 11.1. The minimum absolute atomic E-state index is 0. The maximum Gasteiger partial charge on any atom is 0.250 e. The number of nitrogens with zero attached hydrogens (tertiary/aromatic N) is 2. The van der Waals surface area contributed by atoms with E-state index in [1.54, 1.807) is 16.7 Å². The molecule has 0 amide bonds. The molecule has 0 saturated heterocycles. The number of anilines is 1. The predicted octanol–water partition coefficient (Wildman–Crippen LogP) is 3.80. The lowest BCUT2D eigenvalue weighted by Gasteiger charge is -2.14. The Labute approximate surface area is 172 Å². The molecular weight excluding hydrogens is 439 g/mol. The highest BCUT2D eigenvalue weighted by atomic mass is 127. The van der Waals surface area contributed by atoms with Crippen LogP contribution in [0.15, 0.2) is 52.4 Å². The molecule has 0 aliphatic heterocycles. The average Bonchev–Trinajstić information content (AvgIpc) is 2.63. The van der Waals surface area contributed by atoms with Gasteiger partial charge < -0.3 is 15.6 Å². The van der Waals surface area contributed by atoms with Crippen LogP contribution in [0.3, 0.4) is 0 Å². The number of hydrogen-bond acceptors (Lipinski definition) is 2. The Morgan fingerprint density at radius 3 is 2.38 bits per heavy atom. The average molecular weight is 468 g/mol. The van der Waals surface area contributed by atoms with Crippen molar-refractivity contribution in [1.82, 2.24) is 4.57 Å². The van der Waals surface area contributed by atoms with Crippen molar-refractivity contribution < 1.29 is 0 Å².